The molecule has 1 unspecified atom stereocenters. The van der Waals surface area contributed by atoms with Crippen LogP contribution in [0.3, 0.4) is 0 Å². The van der Waals surface area contributed by atoms with Crippen molar-refractivity contribution >= 4 is 27.3 Å². The first-order valence-electron chi connectivity index (χ1n) is 10.1. The molecule has 1 aliphatic rings. The van der Waals surface area contributed by atoms with E-state index in [1.165, 1.54) is 53.7 Å². The zero-order valence-corrected chi connectivity index (χ0v) is 18.0. The third-order valence-corrected chi connectivity index (χ3v) is 6.97. The topological polar surface area (TPSA) is 119 Å². The first kappa shape index (κ1) is 22.7. The summed E-state index contributed by atoms with van der Waals surface area (Å²) in [6.45, 7) is 2.51. The quantitative estimate of drug-likeness (QED) is 0.512. The number of nitrogens with zero attached hydrogens (tertiary/aromatic N) is 2. The number of para-hydroxylation sites is 2. The number of anilines is 1. The minimum Gasteiger partial charge on any atom is -0.474 e. The van der Waals surface area contributed by atoms with Crippen LogP contribution in [0.5, 0.6) is 5.75 Å². The normalized spacial score (nSPS) is 16.2. The third kappa shape index (κ3) is 5.59. The van der Waals surface area contributed by atoms with E-state index in [1.54, 1.807) is 6.07 Å². The summed E-state index contributed by atoms with van der Waals surface area (Å²) in [6.07, 6.45) is 2.77. The summed E-state index contributed by atoms with van der Waals surface area (Å²) in [6, 6.07) is 11.8. The van der Waals surface area contributed by atoms with E-state index in [1.807, 2.05) is 0 Å². The molecule has 3 rings (SSSR count). The van der Waals surface area contributed by atoms with E-state index in [-0.39, 0.29) is 16.3 Å². The van der Waals surface area contributed by atoms with Gasteiger partial charge in [0.05, 0.1) is 9.82 Å². The number of rotatable bonds is 7. The highest BCUT2D eigenvalue weighted by atomic mass is 32.2. The Morgan fingerprint density at radius 1 is 1.06 bits per heavy atom. The van der Waals surface area contributed by atoms with Crippen molar-refractivity contribution in [3.8, 4) is 5.75 Å². The van der Waals surface area contributed by atoms with Crippen LogP contribution in [0.25, 0.3) is 0 Å². The highest BCUT2D eigenvalue weighted by Crippen LogP contribution is 2.27. The number of nitrogens with one attached hydrogen (secondary N) is 1. The average molecular weight is 448 g/mol. The number of amides is 1. The molecule has 166 valence electrons. The molecule has 0 saturated carbocycles. The van der Waals surface area contributed by atoms with Crippen molar-refractivity contribution in [1.29, 1.82) is 0 Å². The van der Waals surface area contributed by atoms with E-state index in [4.69, 9.17) is 4.74 Å². The molecule has 1 amide bonds. The number of hydrogen-bond acceptors (Lipinski definition) is 6. The molecule has 0 bridgehead atoms. The summed E-state index contributed by atoms with van der Waals surface area (Å²) >= 11 is 0. The second-order valence-corrected chi connectivity index (χ2v) is 9.25. The van der Waals surface area contributed by atoms with Gasteiger partial charge in [0.15, 0.2) is 11.9 Å². The van der Waals surface area contributed by atoms with Gasteiger partial charge in [-0.25, -0.2) is 8.42 Å². The number of ether oxygens (including phenoxy) is 1. The Hall–Kier alpha value is -2.98. The first-order valence-corrected chi connectivity index (χ1v) is 11.5. The fraction of sp³-hybridized carbons (Fsp3) is 0.381. The number of carbonyl (C=O) groups excluding carboxylic acids is 1. The number of nitro groups is 1. The van der Waals surface area contributed by atoms with Gasteiger partial charge in [-0.2, -0.15) is 4.31 Å². The van der Waals surface area contributed by atoms with Gasteiger partial charge in [-0.3, -0.25) is 14.9 Å². The van der Waals surface area contributed by atoms with E-state index in [2.05, 4.69) is 5.32 Å². The first-order chi connectivity index (χ1) is 14.8. The van der Waals surface area contributed by atoms with Crippen LogP contribution >= 0.6 is 0 Å². The summed E-state index contributed by atoms with van der Waals surface area (Å²) in [5.74, 6) is -0.518. The van der Waals surface area contributed by atoms with Gasteiger partial charge in [0.2, 0.25) is 10.0 Å². The molecule has 1 saturated heterocycles. The highest BCUT2D eigenvalue weighted by Gasteiger charge is 2.25. The average Bonchev–Trinajstić information content (AvgIpc) is 3.04. The maximum absolute atomic E-state index is 12.8. The predicted octanol–water partition coefficient (Wildman–Crippen LogP) is 3.57. The Balaban J connectivity index is 1.65. The summed E-state index contributed by atoms with van der Waals surface area (Å²) in [5, 5.41) is 13.7. The van der Waals surface area contributed by atoms with Crippen molar-refractivity contribution in [2.75, 3.05) is 18.4 Å². The van der Waals surface area contributed by atoms with Gasteiger partial charge in [-0.1, -0.05) is 25.0 Å². The fourth-order valence-electron chi connectivity index (χ4n) is 3.34. The van der Waals surface area contributed by atoms with Crippen molar-refractivity contribution < 1.29 is 22.9 Å². The van der Waals surface area contributed by atoms with Crippen molar-refractivity contribution in [2.24, 2.45) is 0 Å². The monoisotopic (exact) mass is 447 g/mol. The van der Waals surface area contributed by atoms with Crippen LogP contribution in [-0.2, 0) is 14.8 Å². The maximum atomic E-state index is 12.8. The van der Waals surface area contributed by atoms with Crippen LogP contribution in [0.15, 0.2) is 53.4 Å². The van der Waals surface area contributed by atoms with Gasteiger partial charge in [0, 0.05) is 24.8 Å². The molecule has 0 aromatic heterocycles. The molecule has 2 aromatic rings. The van der Waals surface area contributed by atoms with Gasteiger partial charge in [0.25, 0.3) is 5.91 Å². The lowest BCUT2D eigenvalue weighted by Gasteiger charge is -2.20. The molecule has 0 spiro atoms. The van der Waals surface area contributed by atoms with E-state index in [9.17, 15) is 23.3 Å². The van der Waals surface area contributed by atoms with Crippen LogP contribution in [0, 0.1) is 10.1 Å². The van der Waals surface area contributed by atoms with E-state index in [0.29, 0.717) is 18.8 Å². The van der Waals surface area contributed by atoms with E-state index < -0.39 is 27.0 Å². The molecule has 10 heteroatoms. The Morgan fingerprint density at radius 3 is 2.29 bits per heavy atom. The molecule has 1 atom stereocenters. The molecule has 0 radical (unpaired) electrons. The van der Waals surface area contributed by atoms with Crippen LogP contribution in [0.1, 0.15) is 32.6 Å². The van der Waals surface area contributed by atoms with Crippen LogP contribution in [0.4, 0.5) is 11.4 Å². The van der Waals surface area contributed by atoms with Gasteiger partial charge >= 0.3 is 5.69 Å². The highest BCUT2D eigenvalue weighted by molar-refractivity contribution is 7.89. The standard InChI is InChI=1S/C21H25N3O6S/c1-16(30-20-9-5-4-8-19(20)24(26)27)21(25)22-17-10-12-18(13-11-17)31(28,29)23-14-6-2-3-7-15-23/h4-5,8-13,16H,2-3,6-7,14-15H2,1H3,(H,22,25). The van der Waals surface area contributed by atoms with E-state index in [0.717, 1.165) is 25.7 Å². The summed E-state index contributed by atoms with van der Waals surface area (Å²) in [5.41, 5.74) is 0.169. The molecule has 31 heavy (non-hydrogen) atoms. The Morgan fingerprint density at radius 2 is 1.68 bits per heavy atom. The lowest BCUT2D eigenvalue weighted by molar-refractivity contribution is -0.386. The molecular weight excluding hydrogens is 422 g/mol. The van der Waals surface area contributed by atoms with Crippen molar-refractivity contribution in [2.45, 2.75) is 43.6 Å². The lowest BCUT2D eigenvalue weighted by Crippen LogP contribution is -2.32. The van der Waals surface area contributed by atoms with Gasteiger partial charge in [-0.15, -0.1) is 0 Å². The maximum Gasteiger partial charge on any atom is 0.310 e. The summed E-state index contributed by atoms with van der Waals surface area (Å²) in [7, 11) is -3.57. The van der Waals surface area contributed by atoms with Crippen molar-refractivity contribution in [3.63, 3.8) is 0 Å². The third-order valence-electron chi connectivity index (χ3n) is 5.06. The zero-order chi connectivity index (χ0) is 22.4. The summed E-state index contributed by atoms with van der Waals surface area (Å²) < 4.78 is 32.6. The minimum absolute atomic E-state index is 0.00552. The molecule has 9 nitrogen and oxygen atoms in total. The van der Waals surface area contributed by atoms with Crippen LogP contribution in [0.2, 0.25) is 0 Å². The van der Waals surface area contributed by atoms with Crippen molar-refractivity contribution in [3.05, 3.63) is 58.6 Å². The lowest BCUT2D eigenvalue weighted by atomic mass is 10.2. The molecule has 1 heterocycles. The molecule has 2 aromatic carbocycles. The zero-order valence-electron chi connectivity index (χ0n) is 17.2. The molecule has 0 aliphatic carbocycles. The predicted molar refractivity (Wildman–Crippen MR) is 115 cm³/mol. The van der Waals surface area contributed by atoms with Crippen LogP contribution in [-0.4, -0.2) is 42.7 Å². The molecule has 1 aliphatic heterocycles. The van der Waals surface area contributed by atoms with Gasteiger partial charge in [-0.05, 0) is 50.1 Å². The Labute approximate surface area is 181 Å². The summed E-state index contributed by atoms with van der Waals surface area (Å²) in [4.78, 5) is 23.1. The number of benzene rings is 2. The number of hydrogen-bond donors (Lipinski definition) is 1. The molecular formula is C21H25N3O6S. The van der Waals surface area contributed by atoms with E-state index >= 15 is 0 Å². The number of carbonyl (C=O) groups is 1. The largest absolute Gasteiger partial charge is 0.474 e. The van der Waals surface area contributed by atoms with Gasteiger partial charge < -0.3 is 10.1 Å². The Bertz CT molecular complexity index is 1030. The fourth-order valence-corrected chi connectivity index (χ4v) is 4.85. The minimum atomic E-state index is -3.57. The molecule has 1 N–H and O–H groups in total. The smallest absolute Gasteiger partial charge is 0.310 e. The second kappa shape index (κ2) is 9.88. The SMILES string of the molecule is CC(Oc1ccccc1[N+](=O)[O-])C(=O)Nc1ccc(S(=O)(=O)N2CCCCCC2)cc1. The molecule has 1 fully saturated rings. The van der Waals surface area contributed by atoms with Gasteiger partial charge in [0.1, 0.15) is 0 Å². The number of nitro benzene ring substituents is 1. The van der Waals surface area contributed by atoms with Crippen molar-refractivity contribution in [1.82, 2.24) is 4.31 Å². The number of sulfonamides is 1. The second-order valence-electron chi connectivity index (χ2n) is 7.32. The Kier molecular flexibility index (Phi) is 7.24. The van der Waals surface area contributed by atoms with Crippen LogP contribution < -0.4 is 10.1 Å².